The molecule has 0 N–H and O–H groups in total. The Morgan fingerprint density at radius 2 is 2.29 bits per heavy atom. The molecular weight excluding hydrogens is 216 g/mol. The van der Waals surface area contributed by atoms with E-state index in [9.17, 15) is 4.79 Å². The normalized spacial score (nSPS) is 22.2. The average Bonchev–Trinajstić information content (AvgIpc) is 2.30. The molecule has 0 aromatic carbocycles. The van der Waals surface area contributed by atoms with Crippen molar-refractivity contribution < 1.29 is 9.53 Å². The topological polar surface area (TPSA) is 32.8 Å². The molecule has 1 fully saturated rings. The zero-order chi connectivity index (χ0) is 12.7. The van der Waals surface area contributed by atoms with Crippen molar-refractivity contribution in [3.8, 4) is 0 Å². The van der Waals surface area contributed by atoms with Gasteiger partial charge in [-0.05, 0) is 40.4 Å². The number of esters is 1. The minimum absolute atomic E-state index is 0.242. The lowest BCUT2D eigenvalue weighted by atomic mass is 10.1. The largest absolute Gasteiger partial charge is 0.463 e. The maximum atomic E-state index is 11.1. The number of hydrogen-bond donors (Lipinski definition) is 0. The van der Waals surface area contributed by atoms with Gasteiger partial charge in [0.1, 0.15) is 0 Å². The number of hydrogen-bond acceptors (Lipinski definition) is 4. The Morgan fingerprint density at radius 3 is 2.94 bits per heavy atom. The Bertz CT molecular complexity index is 264. The molecule has 0 saturated carbocycles. The number of rotatable bonds is 5. The van der Waals surface area contributed by atoms with E-state index >= 15 is 0 Å². The number of piperidine rings is 1. The molecule has 0 aliphatic carbocycles. The highest BCUT2D eigenvalue weighted by Crippen LogP contribution is 2.13. The summed E-state index contributed by atoms with van der Waals surface area (Å²) in [4.78, 5) is 15.8. The van der Waals surface area contributed by atoms with Crippen LogP contribution in [0.25, 0.3) is 0 Å². The smallest absolute Gasteiger partial charge is 0.330 e. The molecule has 0 bridgehead atoms. The van der Waals surface area contributed by atoms with Gasteiger partial charge in [-0.3, -0.25) is 4.90 Å². The maximum absolute atomic E-state index is 11.1. The van der Waals surface area contributed by atoms with Crippen molar-refractivity contribution in [2.75, 3.05) is 40.3 Å². The van der Waals surface area contributed by atoms with E-state index in [2.05, 4.69) is 23.9 Å². The summed E-state index contributed by atoms with van der Waals surface area (Å²) < 4.78 is 4.84. The van der Waals surface area contributed by atoms with Gasteiger partial charge in [0.25, 0.3) is 0 Å². The molecule has 98 valence electrons. The molecule has 4 nitrogen and oxygen atoms in total. The van der Waals surface area contributed by atoms with Crippen LogP contribution in [-0.4, -0.2) is 62.1 Å². The monoisotopic (exact) mass is 240 g/mol. The zero-order valence-corrected chi connectivity index (χ0v) is 11.2. The van der Waals surface area contributed by atoms with Crippen LogP contribution in [0.3, 0.4) is 0 Å². The number of nitrogens with zero attached hydrogens (tertiary/aromatic N) is 2. The molecule has 0 amide bonds. The van der Waals surface area contributed by atoms with Gasteiger partial charge in [-0.2, -0.15) is 0 Å². The van der Waals surface area contributed by atoms with Gasteiger partial charge in [-0.1, -0.05) is 6.08 Å². The molecule has 0 spiro atoms. The fourth-order valence-electron chi connectivity index (χ4n) is 2.11. The number of carbonyl (C=O) groups is 1. The third-order valence-electron chi connectivity index (χ3n) is 3.12. The molecule has 1 unspecified atom stereocenters. The van der Waals surface area contributed by atoms with Crippen molar-refractivity contribution in [2.24, 2.45) is 0 Å². The Labute approximate surface area is 104 Å². The van der Waals surface area contributed by atoms with E-state index in [1.165, 1.54) is 18.9 Å². The summed E-state index contributed by atoms with van der Waals surface area (Å²) in [6.07, 6.45) is 5.93. The first kappa shape index (κ1) is 14.2. The minimum atomic E-state index is -0.242. The summed E-state index contributed by atoms with van der Waals surface area (Å²) in [7, 11) is 4.26. The van der Waals surface area contributed by atoms with Crippen molar-refractivity contribution in [3.05, 3.63) is 12.2 Å². The van der Waals surface area contributed by atoms with Crippen LogP contribution < -0.4 is 0 Å². The van der Waals surface area contributed by atoms with Crippen LogP contribution in [0, 0.1) is 0 Å². The lowest BCUT2D eigenvalue weighted by molar-refractivity contribution is -0.137. The summed E-state index contributed by atoms with van der Waals surface area (Å²) >= 11 is 0. The lowest BCUT2D eigenvalue weighted by Gasteiger charge is -2.35. The third-order valence-corrected chi connectivity index (χ3v) is 3.12. The van der Waals surface area contributed by atoms with Crippen LogP contribution in [-0.2, 0) is 9.53 Å². The molecule has 1 atom stereocenters. The van der Waals surface area contributed by atoms with Crippen molar-refractivity contribution in [3.63, 3.8) is 0 Å². The fourth-order valence-corrected chi connectivity index (χ4v) is 2.11. The van der Waals surface area contributed by atoms with E-state index in [0.717, 1.165) is 19.6 Å². The van der Waals surface area contributed by atoms with Crippen LogP contribution in [0.2, 0.25) is 0 Å². The number of ether oxygens (including phenoxy) is 1. The predicted molar refractivity (Wildman–Crippen MR) is 68.9 cm³/mol. The molecule has 1 heterocycles. The first-order valence-electron chi connectivity index (χ1n) is 6.35. The molecular formula is C13H24N2O2. The first-order valence-corrected chi connectivity index (χ1v) is 6.35. The van der Waals surface area contributed by atoms with Crippen molar-refractivity contribution in [1.82, 2.24) is 9.80 Å². The van der Waals surface area contributed by atoms with Crippen LogP contribution in [0.5, 0.6) is 0 Å². The Kier molecular flexibility index (Phi) is 6.22. The van der Waals surface area contributed by atoms with Gasteiger partial charge in [0.15, 0.2) is 0 Å². The van der Waals surface area contributed by atoms with E-state index in [1.54, 1.807) is 0 Å². The standard InChI is InChI=1S/C13H24N2O2/c1-4-17-13(16)8-6-10-15-9-5-7-12(11-15)14(2)3/h6,8,12H,4-5,7,9-11H2,1-3H3/b8-6+. The van der Waals surface area contributed by atoms with Gasteiger partial charge >= 0.3 is 5.97 Å². The van der Waals surface area contributed by atoms with Crippen LogP contribution in [0.15, 0.2) is 12.2 Å². The average molecular weight is 240 g/mol. The highest BCUT2D eigenvalue weighted by atomic mass is 16.5. The van der Waals surface area contributed by atoms with Crippen LogP contribution >= 0.6 is 0 Å². The quantitative estimate of drug-likeness (QED) is 0.533. The molecule has 4 heteroatoms. The van der Waals surface area contributed by atoms with Gasteiger partial charge in [0.05, 0.1) is 6.61 Å². The van der Waals surface area contributed by atoms with E-state index < -0.39 is 0 Å². The van der Waals surface area contributed by atoms with Gasteiger partial charge in [-0.25, -0.2) is 4.79 Å². The summed E-state index contributed by atoms with van der Waals surface area (Å²) in [5.41, 5.74) is 0. The van der Waals surface area contributed by atoms with Gasteiger partial charge in [-0.15, -0.1) is 0 Å². The first-order chi connectivity index (χ1) is 8.13. The SMILES string of the molecule is CCOC(=O)/C=C/CN1CCCC(N(C)C)C1. The minimum Gasteiger partial charge on any atom is -0.463 e. The summed E-state index contributed by atoms with van der Waals surface area (Å²) in [5.74, 6) is -0.242. The molecule has 17 heavy (non-hydrogen) atoms. The maximum Gasteiger partial charge on any atom is 0.330 e. The fraction of sp³-hybridized carbons (Fsp3) is 0.769. The summed E-state index contributed by atoms with van der Waals surface area (Å²) in [5, 5.41) is 0. The van der Waals surface area contributed by atoms with Crippen LogP contribution in [0.1, 0.15) is 19.8 Å². The summed E-state index contributed by atoms with van der Waals surface area (Å²) in [6.45, 7) is 5.30. The third kappa shape index (κ3) is 5.33. The van der Waals surface area contributed by atoms with Gasteiger partial charge in [0.2, 0.25) is 0 Å². The second-order valence-corrected chi connectivity index (χ2v) is 4.67. The second-order valence-electron chi connectivity index (χ2n) is 4.67. The second kappa shape index (κ2) is 7.45. The lowest BCUT2D eigenvalue weighted by Crippen LogP contribution is -2.45. The van der Waals surface area contributed by atoms with Crippen LogP contribution in [0.4, 0.5) is 0 Å². The van der Waals surface area contributed by atoms with Gasteiger partial charge in [0, 0.05) is 25.2 Å². The Hall–Kier alpha value is -0.870. The zero-order valence-electron chi connectivity index (χ0n) is 11.2. The van der Waals surface area contributed by atoms with Crippen molar-refractivity contribution in [1.29, 1.82) is 0 Å². The number of carbonyl (C=O) groups excluding carboxylic acids is 1. The van der Waals surface area contributed by atoms with E-state index in [0.29, 0.717) is 12.6 Å². The Balaban J connectivity index is 2.29. The molecule has 1 saturated heterocycles. The molecule has 0 radical (unpaired) electrons. The van der Waals surface area contributed by atoms with E-state index in [1.807, 2.05) is 13.0 Å². The molecule has 1 rings (SSSR count). The Morgan fingerprint density at radius 1 is 1.53 bits per heavy atom. The van der Waals surface area contributed by atoms with E-state index in [-0.39, 0.29) is 5.97 Å². The highest BCUT2D eigenvalue weighted by molar-refractivity contribution is 5.81. The summed E-state index contributed by atoms with van der Waals surface area (Å²) in [6, 6.07) is 0.639. The van der Waals surface area contributed by atoms with E-state index in [4.69, 9.17) is 4.74 Å². The number of likely N-dealkylation sites (tertiary alicyclic amines) is 1. The molecule has 1 aliphatic rings. The molecule has 0 aromatic heterocycles. The van der Waals surface area contributed by atoms with Crippen molar-refractivity contribution in [2.45, 2.75) is 25.8 Å². The predicted octanol–water partition coefficient (Wildman–Crippen LogP) is 1.13. The molecule has 1 aliphatic heterocycles. The number of likely N-dealkylation sites (N-methyl/N-ethyl adjacent to an activating group) is 1. The molecule has 0 aromatic rings. The highest BCUT2D eigenvalue weighted by Gasteiger charge is 2.20. The van der Waals surface area contributed by atoms with Gasteiger partial charge < -0.3 is 9.64 Å². The van der Waals surface area contributed by atoms with Crippen molar-refractivity contribution >= 4 is 5.97 Å².